The number of hydrogen-bond acceptors (Lipinski definition) is 7. The summed E-state index contributed by atoms with van der Waals surface area (Å²) in [6.45, 7) is 5.97. The number of alkyl halides is 1. The minimum atomic E-state index is -0.114. The van der Waals surface area contributed by atoms with Gasteiger partial charge in [0.1, 0.15) is 0 Å². The van der Waals surface area contributed by atoms with E-state index in [1.807, 2.05) is 6.92 Å². The molecule has 32 heavy (non-hydrogen) atoms. The number of aliphatic imine (C=N–C) groups is 1. The Morgan fingerprint density at radius 1 is 1.25 bits per heavy atom. The van der Waals surface area contributed by atoms with Crippen LogP contribution in [-0.2, 0) is 9.53 Å². The molecule has 0 bridgehead atoms. The first kappa shape index (κ1) is 24.4. The van der Waals surface area contributed by atoms with Crippen LogP contribution in [0.3, 0.4) is 0 Å². The number of nitrogens with one attached hydrogen (secondary N) is 3. The largest absolute Gasteiger partial charge is 0.377 e. The lowest BCUT2D eigenvalue weighted by atomic mass is 9.72. The van der Waals surface area contributed by atoms with Gasteiger partial charge in [0.2, 0.25) is 5.91 Å². The summed E-state index contributed by atoms with van der Waals surface area (Å²) >= 11 is 6.45. The molecular weight excluding hydrogens is 428 g/mol. The van der Waals surface area contributed by atoms with Crippen LogP contribution in [0.2, 0.25) is 0 Å². The highest BCUT2D eigenvalue weighted by Gasteiger charge is 2.50. The third kappa shape index (κ3) is 5.31. The lowest BCUT2D eigenvalue weighted by Gasteiger charge is -2.44. The highest BCUT2D eigenvalue weighted by Crippen LogP contribution is 2.42. The average molecular weight is 469 g/mol. The predicted molar refractivity (Wildman–Crippen MR) is 127 cm³/mol. The van der Waals surface area contributed by atoms with Crippen LogP contribution in [0.15, 0.2) is 4.99 Å². The normalized spacial score (nSPS) is 40.2. The lowest BCUT2D eigenvalue weighted by molar-refractivity contribution is -0.121. The van der Waals surface area contributed by atoms with Crippen LogP contribution in [-0.4, -0.2) is 72.1 Å². The fraction of sp³-hybridized carbons (Fsp3) is 0.913. The molecule has 182 valence electrons. The molecule has 1 saturated heterocycles. The van der Waals surface area contributed by atoms with Crippen LogP contribution < -0.4 is 21.9 Å². The molecule has 9 heteroatoms. The molecule has 0 radical (unpaired) electrons. The Hall–Kier alpha value is -0.770. The molecule has 8 nitrogen and oxygen atoms in total. The molecule has 5 unspecified atom stereocenters. The fourth-order valence-electron chi connectivity index (χ4n) is 6.29. The van der Waals surface area contributed by atoms with Crippen molar-refractivity contribution in [2.45, 2.75) is 101 Å². The van der Waals surface area contributed by atoms with E-state index in [1.165, 1.54) is 5.71 Å². The number of carbonyl (C=O) groups is 1. The zero-order valence-electron chi connectivity index (χ0n) is 19.6. The third-order valence-electron chi connectivity index (χ3n) is 7.73. The van der Waals surface area contributed by atoms with E-state index >= 15 is 0 Å². The van der Waals surface area contributed by atoms with Crippen molar-refractivity contribution in [1.29, 1.82) is 0 Å². The molecule has 6 atom stereocenters. The second-order valence-corrected chi connectivity index (χ2v) is 10.5. The second-order valence-electron chi connectivity index (χ2n) is 9.85. The topological polar surface area (TPSA) is 104 Å². The summed E-state index contributed by atoms with van der Waals surface area (Å²) in [6, 6.07) is 0.277. The van der Waals surface area contributed by atoms with Gasteiger partial charge in [0, 0.05) is 36.1 Å². The third-order valence-corrected chi connectivity index (χ3v) is 8.17. The molecule has 0 spiro atoms. The summed E-state index contributed by atoms with van der Waals surface area (Å²) in [5, 5.41) is 3.25. The average Bonchev–Trinajstić information content (AvgIpc) is 3.11. The summed E-state index contributed by atoms with van der Waals surface area (Å²) in [6.07, 6.45) is 8.19. The first-order valence-electron chi connectivity index (χ1n) is 12.6. The standard InChI is InChI=1S/C23H41ClN6O2/c1-3-26-21(31)13-19-23-29-28-14(2)30(23)20-9-8-17(32-11-10-25)12-18(20)22(27-19)15-4-6-16(24)7-5-15/h14-20,23,28-29H,3-13,25H2,1-2H3,(H,26,31)/t14?,15?,16?,17?,18?,19-,20?,23?/m0/s1. The highest BCUT2D eigenvalue weighted by molar-refractivity contribution is 6.20. The predicted octanol–water partition coefficient (Wildman–Crippen LogP) is 1.73. The van der Waals surface area contributed by atoms with E-state index in [1.54, 1.807) is 0 Å². The molecule has 4 rings (SSSR count). The summed E-state index contributed by atoms with van der Waals surface area (Å²) in [4.78, 5) is 20.6. The molecule has 1 amide bonds. The molecule has 2 aliphatic heterocycles. The van der Waals surface area contributed by atoms with Gasteiger partial charge < -0.3 is 15.8 Å². The number of hydrogen-bond donors (Lipinski definition) is 4. The van der Waals surface area contributed by atoms with Crippen molar-refractivity contribution in [2.75, 3.05) is 19.7 Å². The van der Waals surface area contributed by atoms with E-state index in [9.17, 15) is 4.79 Å². The molecule has 2 heterocycles. The number of amides is 1. The first-order valence-corrected chi connectivity index (χ1v) is 13.0. The van der Waals surface area contributed by atoms with Crippen molar-refractivity contribution in [2.24, 2.45) is 22.6 Å². The van der Waals surface area contributed by atoms with E-state index < -0.39 is 0 Å². The Morgan fingerprint density at radius 3 is 2.75 bits per heavy atom. The van der Waals surface area contributed by atoms with E-state index in [-0.39, 0.29) is 35.8 Å². The minimum Gasteiger partial charge on any atom is -0.377 e. The highest BCUT2D eigenvalue weighted by atomic mass is 35.5. The number of carbonyl (C=O) groups excluding carboxylic acids is 1. The molecule has 0 aromatic carbocycles. The van der Waals surface area contributed by atoms with Crippen molar-refractivity contribution < 1.29 is 9.53 Å². The summed E-state index contributed by atoms with van der Waals surface area (Å²) < 4.78 is 6.12. The number of ether oxygens (including phenoxy) is 1. The maximum atomic E-state index is 12.6. The number of halogens is 1. The number of nitrogens with two attached hydrogens (primary N) is 1. The molecule has 4 aliphatic rings. The van der Waals surface area contributed by atoms with E-state index in [0.717, 1.165) is 44.9 Å². The van der Waals surface area contributed by atoms with Gasteiger partial charge in [-0.05, 0) is 64.7 Å². The van der Waals surface area contributed by atoms with E-state index in [0.29, 0.717) is 44.0 Å². The van der Waals surface area contributed by atoms with Crippen molar-refractivity contribution in [3.63, 3.8) is 0 Å². The Kier molecular flexibility index (Phi) is 8.45. The molecule has 2 aliphatic carbocycles. The zero-order valence-corrected chi connectivity index (χ0v) is 20.3. The summed E-state index contributed by atoms with van der Waals surface area (Å²) in [5.41, 5.74) is 13.9. The Morgan fingerprint density at radius 2 is 2.03 bits per heavy atom. The molecule has 5 N–H and O–H groups in total. The summed E-state index contributed by atoms with van der Waals surface area (Å²) in [7, 11) is 0. The quantitative estimate of drug-likeness (QED) is 0.424. The Balaban J connectivity index is 1.66. The number of hydrazine groups is 1. The Bertz CT molecular complexity index is 671. The maximum absolute atomic E-state index is 12.6. The lowest BCUT2D eigenvalue weighted by Crippen LogP contribution is -2.55. The SMILES string of the molecule is CCNC(=O)C[C@@H]1N=C(C2CCC(Cl)CC2)C2CC(OCCN)CCC2N2C(C)NNC12. The van der Waals surface area contributed by atoms with E-state index in [2.05, 4.69) is 28.0 Å². The van der Waals surface area contributed by atoms with Crippen LogP contribution >= 0.6 is 11.6 Å². The van der Waals surface area contributed by atoms with Gasteiger partial charge in [0.15, 0.2) is 0 Å². The fourth-order valence-corrected chi connectivity index (χ4v) is 6.54. The second kappa shape index (κ2) is 11.1. The smallest absolute Gasteiger partial charge is 0.222 e. The Labute approximate surface area is 197 Å². The molecule has 2 saturated carbocycles. The minimum absolute atomic E-state index is 0.0171. The van der Waals surface area contributed by atoms with Crippen molar-refractivity contribution in [3.8, 4) is 0 Å². The molecule has 0 aromatic heterocycles. The zero-order chi connectivity index (χ0) is 22.7. The van der Waals surface area contributed by atoms with Crippen LogP contribution in [0.1, 0.15) is 65.2 Å². The number of fused-ring (bicyclic) bond motifs is 3. The molecule has 3 fully saturated rings. The van der Waals surface area contributed by atoms with Gasteiger partial charge in [-0.2, -0.15) is 0 Å². The summed E-state index contributed by atoms with van der Waals surface area (Å²) in [5.74, 6) is 0.862. The van der Waals surface area contributed by atoms with Crippen molar-refractivity contribution in [1.82, 2.24) is 21.1 Å². The van der Waals surface area contributed by atoms with Crippen LogP contribution in [0, 0.1) is 11.8 Å². The first-order chi connectivity index (χ1) is 15.5. The van der Waals surface area contributed by atoms with Gasteiger partial charge in [-0.1, -0.05) is 0 Å². The van der Waals surface area contributed by atoms with Crippen molar-refractivity contribution in [3.05, 3.63) is 0 Å². The monoisotopic (exact) mass is 468 g/mol. The van der Waals surface area contributed by atoms with Gasteiger partial charge in [-0.15, -0.1) is 11.6 Å². The molecular formula is C23H41ClN6O2. The number of nitrogens with zero attached hydrogens (tertiary/aromatic N) is 2. The van der Waals surface area contributed by atoms with Gasteiger partial charge in [-0.25, -0.2) is 10.9 Å². The van der Waals surface area contributed by atoms with Crippen molar-refractivity contribution >= 4 is 23.2 Å². The van der Waals surface area contributed by atoms with Crippen LogP contribution in [0.4, 0.5) is 0 Å². The number of rotatable bonds is 7. The van der Waals surface area contributed by atoms with Crippen LogP contribution in [0.5, 0.6) is 0 Å². The molecule has 0 aromatic rings. The van der Waals surface area contributed by atoms with Gasteiger partial charge >= 0.3 is 0 Å². The maximum Gasteiger partial charge on any atom is 0.222 e. The van der Waals surface area contributed by atoms with E-state index in [4.69, 9.17) is 27.1 Å². The van der Waals surface area contributed by atoms with Gasteiger partial charge in [-0.3, -0.25) is 14.7 Å². The van der Waals surface area contributed by atoms with Gasteiger partial charge in [0.25, 0.3) is 0 Å². The van der Waals surface area contributed by atoms with Gasteiger partial charge in [0.05, 0.1) is 37.5 Å². The van der Waals surface area contributed by atoms with Crippen LogP contribution in [0.25, 0.3) is 0 Å².